The van der Waals surface area contributed by atoms with E-state index in [9.17, 15) is 0 Å². The summed E-state index contributed by atoms with van der Waals surface area (Å²) >= 11 is 0. The molecule has 112 valence electrons. The Morgan fingerprint density at radius 2 is 1.85 bits per heavy atom. The first-order valence-electron chi connectivity index (χ1n) is 8.28. The van der Waals surface area contributed by atoms with E-state index in [1.165, 1.54) is 44.9 Å². The van der Waals surface area contributed by atoms with Crippen LogP contribution in [0.3, 0.4) is 0 Å². The molecule has 0 unspecified atom stereocenters. The van der Waals surface area contributed by atoms with Crippen molar-refractivity contribution in [3.63, 3.8) is 0 Å². The van der Waals surface area contributed by atoms with Gasteiger partial charge in [-0.3, -0.25) is 0 Å². The Morgan fingerprint density at radius 3 is 2.55 bits per heavy atom. The van der Waals surface area contributed by atoms with E-state index in [0.717, 1.165) is 42.8 Å². The van der Waals surface area contributed by atoms with Crippen LogP contribution < -0.4 is 5.73 Å². The lowest BCUT2D eigenvalue weighted by molar-refractivity contribution is 0.229. The fourth-order valence-electron chi connectivity index (χ4n) is 3.68. The molecular formula is C16H27N3O. The lowest BCUT2D eigenvalue weighted by Crippen LogP contribution is -2.41. The molecule has 0 bridgehead atoms. The summed E-state index contributed by atoms with van der Waals surface area (Å²) in [5, 5.41) is 4.19. The highest BCUT2D eigenvalue weighted by Gasteiger charge is 2.36. The Balaban J connectivity index is 1.63. The van der Waals surface area contributed by atoms with Crippen LogP contribution in [-0.2, 0) is 12.0 Å². The van der Waals surface area contributed by atoms with E-state index < -0.39 is 0 Å². The van der Waals surface area contributed by atoms with Crippen molar-refractivity contribution in [1.29, 1.82) is 0 Å². The highest BCUT2D eigenvalue weighted by Crippen LogP contribution is 2.36. The van der Waals surface area contributed by atoms with E-state index in [4.69, 9.17) is 10.3 Å². The molecule has 0 amide bonds. The van der Waals surface area contributed by atoms with E-state index >= 15 is 0 Å². The van der Waals surface area contributed by atoms with Crippen LogP contribution in [0.2, 0.25) is 0 Å². The van der Waals surface area contributed by atoms with Crippen molar-refractivity contribution < 1.29 is 4.52 Å². The molecule has 0 aliphatic heterocycles. The van der Waals surface area contributed by atoms with Crippen molar-refractivity contribution in [3.8, 4) is 0 Å². The van der Waals surface area contributed by atoms with Gasteiger partial charge in [0.25, 0.3) is 0 Å². The van der Waals surface area contributed by atoms with Crippen LogP contribution in [0.15, 0.2) is 4.52 Å². The SMILES string of the molecule is CC1CCC(N)(c2noc(CC3CCCCC3)n2)CC1. The molecular weight excluding hydrogens is 250 g/mol. The molecule has 2 fully saturated rings. The van der Waals surface area contributed by atoms with Crippen LogP contribution in [0.4, 0.5) is 0 Å². The van der Waals surface area contributed by atoms with Gasteiger partial charge in [-0.1, -0.05) is 31.3 Å². The minimum atomic E-state index is -0.346. The second kappa shape index (κ2) is 5.84. The monoisotopic (exact) mass is 277 g/mol. The standard InChI is InChI=1S/C16H27N3O/c1-12-7-9-16(17,10-8-12)15-18-14(20-19-15)11-13-5-3-2-4-6-13/h12-13H,2-11,17H2,1H3. The second-order valence-electron chi connectivity index (χ2n) is 7.06. The van der Waals surface area contributed by atoms with Crippen molar-refractivity contribution in [1.82, 2.24) is 10.1 Å². The first kappa shape index (κ1) is 14.1. The molecule has 1 aromatic rings. The van der Waals surface area contributed by atoms with Crippen LogP contribution in [-0.4, -0.2) is 10.1 Å². The molecule has 0 aromatic carbocycles. The van der Waals surface area contributed by atoms with Gasteiger partial charge >= 0.3 is 0 Å². The minimum absolute atomic E-state index is 0.346. The van der Waals surface area contributed by atoms with E-state index in [1.54, 1.807) is 0 Å². The Kier molecular flexibility index (Phi) is 4.11. The Bertz CT molecular complexity index is 429. The second-order valence-corrected chi connectivity index (χ2v) is 7.06. The van der Waals surface area contributed by atoms with Crippen LogP contribution in [0.25, 0.3) is 0 Å². The maximum atomic E-state index is 6.50. The number of nitrogens with zero attached hydrogens (tertiary/aromatic N) is 2. The van der Waals surface area contributed by atoms with Crippen molar-refractivity contribution in [2.24, 2.45) is 17.6 Å². The molecule has 20 heavy (non-hydrogen) atoms. The summed E-state index contributed by atoms with van der Waals surface area (Å²) in [5.74, 6) is 3.06. The van der Waals surface area contributed by atoms with Gasteiger partial charge < -0.3 is 10.3 Å². The smallest absolute Gasteiger partial charge is 0.226 e. The number of aromatic nitrogens is 2. The average molecular weight is 277 g/mol. The van der Waals surface area contributed by atoms with Crippen molar-refractivity contribution in [3.05, 3.63) is 11.7 Å². The fraction of sp³-hybridized carbons (Fsp3) is 0.875. The topological polar surface area (TPSA) is 64.9 Å². The molecule has 2 saturated carbocycles. The number of rotatable bonds is 3. The third-order valence-electron chi connectivity index (χ3n) is 5.27. The number of hydrogen-bond donors (Lipinski definition) is 1. The normalized spacial score (nSPS) is 32.4. The van der Waals surface area contributed by atoms with Crippen LogP contribution in [0.1, 0.15) is 76.4 Å². The summed E-state index contributed by atoms with van der Waals surface area (Å²) in [4.78, 5) is 4.62. The first-order chi connectivity index (χ1) is 9.66. The van der Waals surface area contributed by atoms with E-state index in [0.29, 0.717) is 0 Å². The zero-order chi connectivity index (χ0) is 14.0. The summed E-state index contributed by atoms with van der Waals surface area (Å²) in [5.41, 5.74) is 6.16. The molecule has 1 aromatic heterocycles. The van der Waals surface area contributed by atoms with Crippen molar-refractivity contribution in [2.45, 2.75) is 76.7 Å². The van der Waals surface area contributed by atoms with Gasteiger partial charge in [-0.15, -0.1) is 0 Å². The Labute approximate surface area is 121 Å². The highest BCUT2D eigenvalue weighted by atomic mass is 16.5. The molecule has 0 spiro atoms. The lowest BCUT2D eigenvalue weighted by Gasteiger charge is -2.33. The maximum absolute atomic E-state index is 6.50. The zero-order valence-electron chi connectivity index (χ0n) is 12.6. The molecule has 2 aliphatic rings. The summed E-state index contributed by atoms with van der Waals surface area (Å²) in [6, 6.07) is 0. The minimum Gasteiger partial charge on any atom is -0.339 e. The first-order valence-corrected chi connectivity index (χ1v) is 8.28. The quantitative estimate of drug-likeness (QED) is 0.917. The summed E-state index contributed by atoms with van der Waals surface area (Å²) < 4.78 is 5.47. The third kappa shape index (κ3) is 3.05. The number of hydrogen-bond acceptors (Lipinski definition) is 4. The van der Waals surface area contributed by atoms with E-state index in [2.05, 4.69) is 17.1 Å². The molecule has 4 heteroatoms. The van der Waals surface area contributed by atoms with Gasteiger partial charge in [0.1, 0.15) is 0 Å². The largest absolute Gasteiger partial charge is 0.339 e. The predicted molar refractivity (Wildman–Crippen MR) is 78.1 cm³/mol. The molecule has 2 aliphatic carbocycles. The van der Waals surface area contributed by atoms with Gasteiger partial charge in [-0.05, 0) is 50.4 Å². The van der Waals surface area contributed by atoms with Gasteiger partial charge in [0.2, 0.25) is 5.89 Å². The van der Waals surface area contributed by atoms with Crippen molar-refractivity contribution >= 4 is 0 Å². The average Bonchev–Trinajstić information content (AvgIpc) is 2.93. The van der Waals surface area contributed by atoms with Gasteiger partial charge in [0, 0.05) is 6.42 Å². The molecule has 0 atom stereocenters. The van der Waals surface area contributed by atoms with Crippen LogP contribution in [0, 0.1) is 11.8 Å². The van der Waals surface area contributed by atoms with Gasteiger partial charge in [0.05, 0.1) is 5.54 Å². The lowest BCUT2D eigenvalue weighted by atomic mass is 9.77. The van der Waals surface area contributed by atoms with Crippen molar-refractivity contribution in [2.75, 3.05) is 0 Å². The molecule has 3 rings (SSSR count). The molecule has 4 nitrogen and oxygen atoms in total. The molecule has 0 saturated heterocycles. The summed E-state index contributed by atoms with van der Waals surface area (Å²) in [6.45, 7) is 2.30. The van der Waals surface area contributed by atoms with E-state index in [-0.39, 0.29) is 5.54 Å². The number of nitrogens with two attached hydrogens (primary N) is 1. The summed E-state index contributed by atoms with van der Waals surface area (Å²) in [6.07, 6.45) is 12.0. The Morgan fingerprint density at radius 1 is 1.15 bits per heavy atom. The Hall–Kier alpha value is -0.900. The molecule has 0 radical (unpaired) electrons. The van der Waals surface area contributed by atoms with E-state index in [1.807, 2.05) is 0 Å². The van der Waals surface area contributed by atoms with Crippen LogP contribution in [0.5, 0.6) is 0 Å². The van der Waals surface area contributed by atoms with Gasteiger partial charge in [-0.2, -0.15) is 4.98 Å². The summed E-state index contributed by atoms with van der Waals surface area (Å²) in [7, 11) is 0. The van der Waals surface area contributed by atoms with Crippen LogP contribution >= 0.6 is 0 Å². The maximum Gasteiger partial charge on any atom is 0.226 e. The molecule has 1 heterocycles. The molecule has 2 N–H and O–H groups in total. The van der Waals surface area contributed by atoms with Gasteiger partial charge in [-0.25, -0.2) is 0 Å². The predicted octanol–water partition coefficient (Wildman–Crippen LogP) is 3.56. The third-order valence-corrected chi connectivity index (χ3v) is 5.27. The highest BCUT2D eigenvalue weighted by molar-refractivity contribution is 5.06. The fourth-order valence-corrected chi connectivity index (χ4v) is 3.68. The zero-order valence-corrected chi connectivity index (χ0v) is 12.6. The van der Waals surface area contributed by atoms with Gasteiger partial charge in [0.15, 0.2) is 5.82 Å².